The van der Waals surface area contributed by atoms with Crippen LogP contribution in [0.3, 0.4) is 0 Å². The fourth-order valence-corrected chi connectivity index (χ4v) is 3.69. The van der Waals surface area contributed by atoms with Crippen LogP contribution >= 0.6 is 0 Å². The summed E-state index contributed by atoms with van der Waals surface area (Å²) in [5.74, 6) is -0.580. The van der Waals surface area contributed by atoms with Crippen molar-refractivity contribution < 1.29 is 9.53 Å². The predicted molar refractivity (Wildman–Crippen MR) is 119 cm³/mol. The fraction of sp³-hybridized carbons (Fsp3) is 0.120. The van der Waals surface area contributed by atoms with Crippen LogP contribution in [0.4, 0.5) is 5.69 Å². The molecular formula is C25H22N2O3. The minimum atomic E-state index is -0.443. The molecule has 0 aliphatic carbocycles. The van der Waals surface area contributed by atoms with Gasteiger partial charge in [-0.2, -0.15) is 0 Å². The van der Waals surface area contributed by atoms with Crippen LogP contribution in [0.15, 0.2) is 89.7 Å². The van der Waals surface area contributed by atoms with E-state index in [0.717, 1.165) is 22.1 Å². The Hall–Kier alpha value is -3.70. The maximum Gasteiger partial charge on any atom is 0.248 e. The van der Waals surface area contributed by atoms with E-state index in [9.17, 15) is 9.59 Å². The number of aromatic nitrogens is 1. The lowest BCUT2D eigenvalue weighted by molar-refractivity contribution is -0.116. The zero-order valence-electron chi connectivity index (χ0n) is 16.6. The average Bonchev–Trinajstić information content (AvgIpc) is 2.75. The summed E-state index contributed by atoms with van der Waals surface area (Å²) in [5, 5.41) is 3.90. The second kappa shape index (κ2) is 8.76. The minimum Gasteiger partial charge on any atom is -0.380 e. The van der Waals surface area contributed by atoms with Crippen LogP contribution in [0.1, 0.15) is 22.6 Å². The van der Waals surface area contributed by atoms with Gasteiger partial charge in [0, 0.05) is 24.2 Å². The van der Waals surface area contributed by atoms with Gasteiger partial charge in [0.1, 0.15) is 0 Å². The van der Waals surface area contributed by atoms with Crippen molar-refractivity contribution in [3.05, 3.63) is 112 Å². The fourth-order valence-electron chi connectivity index (χ4n) is 3.69. The van der Waals surface area contributed by atoms with Gasteiger partial charge in [-0.1, -0.05) is 66.7 Å². The number of carbonyl (C=O) groups excluding carboxylic acids is 1. The highest BCUT2D eigenvalue weighted by atomic mass is 16.5. The van der Waals surface area contributed by atoms with E-state index in [1.165, 1.54) is 6.07 Å². The lowest BCUT2D eigenvalue weighted by Crippen LogP contribution is -2.22. The van der Waals surface area contributed by atoms with Crippen molar-refractivity contribution in [2.45, 2.75) is 12.5 Å². The molecule has 5 nitrogen and oxygen atoms in total. The van der Waals surface area contributed by atoms with E-state index in [-0.39, 0.29) is 11.5 Å². The summed E-state index contributed by atoms with van der Waals surface area (Å²) in [6.45, 7) is 0.343. The molecule has 0 fully saturated rings. The van der Waals surface area contributed by atoms with E-state index in [1.807, 2.05) is 72.8 Å². The van der Waals surface area contributed by atoms with E-state index in [4.69, 9.17) is 4.74 Å². The Kier molecular flexibility index (Phi) is 5.72. The number of methoxy groups -OCH3 is 1. The number of carbonyl (C=O) groups is 1. The number of benzene rings is 3. The molecule has 0 radical (unpaired) electrons. The molecular weight excluding hydrogens is 376 g/mol. The maximum absolute atomic E-state index is 13.3. The van der Waals surface area contributed by atoms with Crippen LogP contribution < -0.4 is 10.9 Å². The van der Waals surface area contributed by atoms with Crippen molar-refractivity contribution in [1.29, 1.82) is 0 Å². The molecule has 0 saturated heterocycles. The smallest absolute Gasteiger partial charge is 0.248 e. The number of aromatic amines is 1. The minimum absolute atomic E-state index is 0.137. The van der Waals surface area contributed by atoms with E-state index in [1.54, 1.807) is 13.2 Å². The van der Waals surface area contributed by atoms with Gasteiger partial charge < -0.3 is 15.0 Å². The zero-order chi connectivity index (χ0) is 20.9. The summed E-state index contributed by atoms with van der Waals surface area (Å²) in [6, 6.07) is 26.4. The Morgan fingerprint density at radius 3 is 2.17 bits per heavy atom. The first-order valence-corrected chi connectivity index (χ1v) is 9.71. The van der Waals surface area contributed by atoms with E-state index < -0.39 is 5.92 Å². The average molecular weight is 398 g/mol. The van der Waals surface area contributed by atoms with Crippen LogP contribution in [0.25, 0.3) is 10.9 Å². The van der Waals surface area contributed by atoms with Gasteiger partial charge in [-0.3, -0.25) is 9.59 Å². The second-order valence-corrected chi connectivity index (χ2v) is 7.10. The number of nitrogens with one attached hydrogen (secondary N) is 2. The van der Waals surface area contributed by atoms with E-state index >= 15 is 0 Å². The molecule has 0 aliphatic rings. The number of hydrogen-bond acceptors (Lipinski definition) is 3. The Balaban J connectivity index is 1.69. The summed E-state index contributed by atoms with van der Waals surface area (Å²) in [5.41, 5.74) is 3.71. The van der Waals surface area contributed by atoms with Crippen LogP contribution in [0.2, 0.25) is 0 Å². The third-order valence-corrected chi connectivity index (χ3v) is 5.02. The normalized spacial score (nSPS) is 11.0. The molecule has 150 valence electrons. The van der Waals surface area contributed by atoms with Crippen molar-refractivity contribution in [2.24, 2.45) is 0 Å². The second-order valence-electron chi connectivity index (χ2n) is 7.10. The van der Waals surface area contributed by atoms with Crippen molar-refractivity contribution >= 4 is 22.5 Å². The van der Waals surface area contributed by atoms with Crippen molar-refractivity contribution in [2.75, 3.05) is 12.4 Å². The molecule has 1 amide bonds. The largest absolute Gasteiger partial charge is 0.380 e. The van der Waals surface area contributed by atoms with E-state index in [0.29, 0.717) is 17.8 Å². The zero-order valence-corrected chi connectivity index (χ0v) is 16.6. The van der Waals surface area contributed by atoms with Crippen LogP contribution in [-0.4, -0.2) is 18.0 Å². The first kappa shape index (κ1) is 19.6. The summed E-state index contributed by atoms with van der Waals surface area (Å²) < 4.78 is 5.19. The number of fused-ring (bicyclic) bond motifs is 1. The number of pyridine rings is 1. The number of hydrogen-bond donors (Lipinski definition) is 2. The van der Waals surface area contributed by atoms with Gasteiger partial charge >= 0.3 is 0 Å². The Morgan fingerprint density at radius 2 is 1.57 bits per heavy atom. The van der Waals surface area contributed by atoms with Gasteiger partial charge in [-0.15, -0.1) is 0 Å². The number of amides is 1. The van der Waals surface area contributed by atoms with E-state index in [2.05, 4.69) is 10.3 Å². The highest BCUT2D eigenvalue weighted by Gasteiger charge is 2.22. The van der Waals surface area contributed by atoms with Gasteiger partial charge in [-0.25, -0.2) is 0 Å². The van der Waals surface area contributed by atoms with Crippen LogP contribution in [0.5, 0.6) is 0 Å². The van der Waals surface area contributed by atoms with Crippen molar-refractivity contribution in [3.8, 4) is 0 Å². The number of H-pyrrole nitrogens is 1. The summed E-state index contributed by atoms with van der Waals surface area (Å²) >= 11 is 0. The molecule has 0 bridgehead atoms. The van der Waals surface area contributed by atoms with Gasteiger partial charge in [0.25, 0.3) is 0 Å². The molecule has 0 aliphatic heterocycles. The van der Waals surface area contributed by atoms with Gasteiger partial charge in [0.05, 0.1) is 18.0 Å². The molecule has 0 spiro atoms. The van der Waals surface area contributed by atoms with Gasteiger partial charge in [-0.05, 0) is 28.8 Å². The number of anilines is 1. The monoisotopic (exact) mass is 398 g/mol. The van der Waals surface area contributed by atoms with Gasteiger partial charge in [0.15, 0.2) is 0 Å². The standard InChI is InChI=1S/C25H22N2O3/c1-30-16-19-14-23(28)27-22-15-20(12-13-21(19)22)26-25(29)24(17-8-4-2-5-9-17)18-10-6-3-7-11-18/h2-15,24H,16H2,1H3,(H,26,29)(H,27,28). The first-order chi connectivity index (χ1) is 14.7. The molecule has 4 rings (SSSR count). The molecule has 0 unspecified atom stereocenters. The molecule has 4 aromatic rings. The third-order valence-electron chi connectivity index (χ3n) is 5.02. The van der Waals surface area contributed by atoms with Crippen molar-refractivity contribution in [1.82, 2.24) is 4.98 Å². The Labute approximate surface area is 174 Å². The maximum atomic E-state index is 13.3. The molecule has 1 heterocycles. The highest BCUT2D eigenvalue weighted by molar-refractivity contribution is 5.99. The summed E-state index contributed by atoms with van der Waals surface area (Å²) in [7, 11) is 1.59. The Bertz CT molecular complexity index is 1180. The number of ether oxygens (including phenoxy) is 1. The van der Waals surface area contributed by atoms with Gasteiger partial charge in [0.2, 0.25) is 11.5 Å². The summed E-state index contributed by atoms with van der Waals surface area (Å²) in [4.78, 5) is 28.1. The molecule has 5 heteroatoms. The van der Waals surface area contributed by atoms with Crippen molar-refractivity contribution in [3.63, 3.8) is 0 Å². The topological polar surface area (TPSA) is 71.2 Å². The summed E-state index contributed by atoms with van der Waals surface area (Å²) in [6.07, 6.45) is 0. The molecule has 1 aromatic heterocycles. The molecule has 2 N–H and O–H groups in total. The SMILES string of the molecule is COCc1cc(=O)[nH]c2cc(NC(=O)C(c3ccccc3)c3ccccc3)ccc12. The molecule has 0 saturated carbocycles. The predicted octanol–water partition coefficient (Wildman–Crippen LogP) is 4.45. The third kappa shape index (κ3) is 4.16. The molecule has 3 aromatic carbocycles. The quantitative estimate of drug-likeness (QED) is 0.504. The lowest BCUT2D eigenvalue weighted by Gasteiger charge is -2.18. The highest BCUT2D eigenvalue weighted by Crippen LogP contribution is 2.27. The molecule has 0 atom stereocenters. The Morgan fingerprint density at radius 1 is 0.933 bits per heavy atom. The molecule has 30 heavy (non-hydrogen) atoms. The first-order valence-electron chi connectivity index (χ1n) is 9.71. The van der Waals surface area contributed by atoms with Crippen LogP contribution in [-0.2, 0) is 16.1 Å². The van der Waals surface area contributed by atoms with Crippen LogP contribution in [0, 0.1) is 0 Å². The lowest BCUT2D eigenvalue weighted by atomic mass is 9.90. The number of rotatable bonds is 6.